The Bertz CT molecular complexity index is 584. The fraction of sp³-hybridized carbons (Fsp3) is 0.385. The molecule has 1 heterocycles. The fourth-order valence-corrected chi connectivity index (χ4v) is 2.84. The highest BCUT2D eigenvalue weighted by molar-refractivity contribution is 7.86. The van der Waals surface area contributed by atoms with Gasteiger partial charge in [-0.1, -0.05) is 17.7 Å². The summed E-state index contributed by atoms with van der Waals surface area (Å²) in [6.45, 7) is 5.39. The molecule has 6 heteroatoms. The molecule has 0 fully saturated rings. The van der Waals surface area contributed by atoms with E-state index in [-0.39, 0.29) is 11.5 Å². The second-order valence-electron chi connectivity index (χ2n) is 4.86. The first kappa shape index (κ1) is 14.0. The molecule has 0 N–H and O–H groups in total. The van der Waals surface area contributed by atoms with Crippen LogP contribution in [0.3, 0.4) is 0 Å². The van der Waals surface area contributed by atoms with E-state index in [9.17, 15) is 8.42 Å². The highest BCUT2D eigenvalue weighted by Gasteiger charge is 2.34. The molecule has 0 aromatic heterocycles. The van der Waals surface area contributed by atoms with Crippen molar-refractivity contribution in [2.24, 2.45) is 0 Å². The van der Waals surface area contributed by atoms with Gasteiger partial charge in [-0.3, -0.25) is 4.18 Å². The van der Waals surface area contributed by atoms with Gasteiger partial charge in [0.15, 0.2) is 0 Å². The van der Waals surface area contributed by atoms with E-state index in [4.69, 9.17) is 9.07 Å². The lowest BCUT2D eigenvalue weighted by Gasteiger charge is -2.24. The zero-order valence-electron chi connectivity index (χ0n) is 11.0. The first-order valence-electron chi connectivity index (χ1n) is 5.81. The van der Waals surface area contributed by atoms with Gasteiger partial charge < -0.3 is 4.89 Å². The van der Waals surface area contributed by atoms with E-state index in [1.165, 1.54) is 18.4 Å². The topological polar surface area (TPSA) is 61.8 Å². The van der Waals surface area contributed by atoms with Crippen molar-refractivity contribution in [1.29, 1.82) is 0 Å². The Morgan fingerprint density at radius 3 is 2.37 bits per heavy atom. The molecule has 5 nitrogen and oxygen atoms in total. The quantitative estimate of drug-likeness (QED) is 0.627. The SMILES string of the molecule is Cc1ccc(S(=O)(=O)OC(C)(C)C2=COOC2)cc1. The van der Waals surface area contributed by atoms with Gasteiger partial charge >= 0.3 is 0 Å². The second kappa shape index (κ2) is 4.96. The summed E-state index contributed by atoms with van der Waals surface area (Å²) >= 11 is 0. The molecule has 1 aliphatic rings. The van der Waals surface area contributed by atoms with Crippen LogP contribution < -0.4 is 0 Å². The zero-order chi connectivity index (χ0) is 14.1. The minimum Gasteiger partial charge on any atom is -0.345 e. The second-order valence-corrected chi connectivity index (χ2v) is 6.41. The molecule has 1 aliphatic heterocycles. The van der Waals surface area contributed by atoms with Crippen molar-refractivity contribution in [3.05, 3.63) is 41.7 Å². The van der Waals surface area contributed by atoms with Crippen LogP contribution in [0, 0.1) is 6.92 Å². The lowest BCUT2D eigenvalue weighted by molar-refractivity contribution is -0.222. The molecule has 2 rings (SSSR count). The molecule has 0 aliphatic carbocycles. The average molecular weight is 284 g/mol. The number of hydrogen-bond acceptors (Lipinski definition) is 5. The molecule has 0 radical (unpaired) electrons. The van der Waals surface area contributed by atoms with Crippen LogP contribution in [0.4, 0.5) is 0 Å². The van der Waals surface area contributed by atoms with Gasteiger partial charge in [-0.05, 0) is 32.9 Å². The Kier molecular flexibility index (Phi) is 3.66. The monoisotopic (exact) mass is 284 g/mol. The molecule has 19 heavy (non-hydrogen) atoms. The number of benzene rings is 1. The summed E-state index contributed by atoms with van der Waals surface area (Å²) < 4.78 is 29.6. The van der Waals surface area contributed by atoms with Crippen molar-refractivity contribution in [3.8, 4) is 0 Å². The third kappa shape index (κ3) is 3.15. The van der Waals surface area contributed by atoms with Crippen molar-refractivity contribution in [2.45, 2.75) is 31.3 Å². The van der Waals surface area contributed by atoms with Gasteiger partial charge in [-0.15, -0.1) is 0 Å². The van der Waals surface area contributed by atoms with Crippen molar-refractivity contribution in [1.82, 2.24) is 0 Å². The van der Waals surface area contributed by atoms with Crippen LogP contribution in [0.2, 0.25) is 0 Å². The van der Waals surface area contributed by atoms with Crippen LogP contribution in [0.15, 0.2) is 41.0 Å². The summed E-state index contributed by atoms with van der Waals surface area (Å²) in [5.41, 5.74) is 0.599. The fourth-order valence-electron chi connectivity index (χ4n) is 1.62. The van der Waals surface area contributed by atoms with Crippen molar-refractivity contribution in [3.63, 3.8) is 0 Å². The standard InChI is InChI=1S/C13H16O5S/c1-10-4-6-12(7-5-10)19(14,15)18-13(2,3)11-8-16-17-9-11/h4-8H,9H2,1-3H3. The molecule has 1 aromatic carbocycles. The summed E-state index contributed by atoms with van der Waals surface area (Å²) in [6, 6.07) is 6.50. The minimum absolute atomic E-state index is 0.131. The maximum Gasteiger partial charge on any atom is 0.297 e. The lowest BCUT2D eigenvalue weighted by Crippen LogP contribution is -2.31. The van der Waals surface area contributed by atoms with E-state index in [2.05, 4.69) is 4.89 Å². The van der Waals surface area contributed by atoms with Crippen LogP contribution in [-0.4, -0.2) is 20.6 Å². The van der Waals surface area contributed by atoms with E-state index in [0.717, 1.165) is 5.56 Å². The van der Waals surface area contributed by atoms with E-state index < -0.39 is 15.7 Å². The first-order chi connectivity index (χ1) is 8.81. The van der Waals surface area contributed by atoms with Gasteiger partial charge in [0.05, 0.1) is 4.90 Å². The van der Waals surface area contributed by atoms with Gasteiger partial charge in [-0.2, -0.15) is 13.3 Å². The highest BCUT2D eigenvalue weighted by Crippen LogP contribution is 2.29. The molecular weight excluding hydrogens is 268 g/mol. The van der Waals surface area contributed by atoms with E-state index in [1.807, 2.05) is 6.92 Å². The van der Waals surface area contributed by atoms with E-state index >= 15 is 0 Å². The Morgan fingerprint density at radius 1 is 1.21 bits per heavy atom. The minimum atomic E-state index is -3.82. The van der Waals surface area contributed by atoms with Crippen molar-refractivity contribution >= 4 is 10.1 Å². The van der Waals surface area contributed by atoms with Crippen molar-refractivity contribution < 1.29 is 22.4 Å². The van der Waals surface area contributed by atoms with Crippen LogP contribution in [-0.2, 0) is 24.1 Å². The molecular formula is C13H16O5S. The van der Waals surface area contributed by atoms with E-state index in [0.29, 0.717) is 5.57 Å². The van der Waals surface area contributed by atoms with Gasteiger partial charge in [-0.25, -0.2) is 0 Å². The molecule has 0 atom stereocenters. The largest absolute Gasteiger partial charge is 0.345 e. The molecule has 0 saturated carbocycles. The summed E-state index contributed by atoms with van der Waals surface area (Å²) in [7, 11) is -3.82. The van der Waals surface area contributed by atoms with Crippen LogP contribution in [0.5, 0.6) is 0 Å². The molecule has 1 aromatic rings. The molecule has 0 unspecified atom stereocenters. The summed E-state index contributed by atoms with van der Waals surface area (Å²) in [6.07, 6.45) is 1.37. The maximum atomic E-state index is 12.2. The van der Waals surface area contributed by atoms with Crippen molar-refractivity contribution in [2.75, 3.05) is 6.61 Å². The summed E-state index contributed by atoms with van der Waals surface area (Å²) in [5, 5.41) is 0. The van der Waals surface area contributed by atoms with Crippen LogP contribution >= 0.6 is 0 Å². The van der Waals surface area contributed by atoms with Crippen LogP contribution in [0.25, 0.3) is 0 Å². The maximum absolute atomic E-state index is 12.2. The van der Waals surface area contributed by atoms with E-state index in [1.54, 1.807) is 26.0 Å². The third-order valence-electron chi connectivity index (χ3n) is 2.87. The Hall–Kier alpha value is -1.37. The highest BCUT2D eigenvalue weighted by atomic mass is 32.2. The Balaban J connectivity index is 2.23. The number of rotatable bonds is 4. The Morgan fingerprint density at radius 2 is 1.84 bits per heavy atom. The number of hydrogen-bond donors (Lipinski definition) is 0. The zero-order valence-corrected chi connectivity index (χ0v) is 11.9. The predicted octanol–water partition coefficient (Wildman–Crippen LogP) is 2.32. The third-order valence-corrected chi connectivity index (χ3v) is 4.36. The number of aryl methyl sites for hydroxylation is 1. The van der Waals surface area contributed by atoms with Gasteiger partial charge in [0, 0.05) is 5.57 Å². The normalized spacial score (nSPS) is 16.1. The molecule has 0 amide bonds. The Labute approximate surface area is 112 Å². The summed E-state index contributed by atoms with van der Waals surface area (Å²) in [5.74, 6) is 0. The van der Waals surface area contributed by atoms with Crippen LogP contribution in [0.1, 0.15) is 19.4 Å². The molecule has 0 spiro atoms. The van der Waals surface area contributed by atoms with Gasteiger partial charge in [0.2, 0.25) is 0 Å². The lowest BCUT2D eigenvalue weighted by atomic mass is 10.0. The smallest absolute Gasteiger partial charge is 0.297 e. The van der Waals surface area contributed by atoms with Gasteiger partial charge in [0.1, 0.15) is 18.5 Å². The molecule has 0 bridgehead atoms. The average Bonchev–Trinajstić information content (AvgIpc) is 2.82. The molecule has 0 saturated heterocycles. The summed E-state index contributed by atoms with van der Waals surface area (Å²) in [4.78, 5) is 9.49. The first-order valence-corrected chi connectivity index (χ1v) is 7.22. The molecule has 104 valence electrons. The van der Waals surface area contributed by atoms with Gasteiger partial charge in [0.25, 0.3) is 10.1 Å². The predicted molar refractivity (Wildman–Crippen MR) is 68.6 cm³/mol.